The molecule has 9 heavy (non-hydrogen) atoms. The van der Waals surface area contributed by atoms with Gasteiger partial charge in [-0.1, -0.05) is 0 Å². The van der Waals surface area contributed by atoms with Crippen molar-refractivity contribution in [2.45, 2.75) is 0 Å². The predicted octanol–water partition coefficient (Wildman–Crippen LogP) is 2.79. The molecule has 0 aromatic rings. The molecule has 0 radical (unpaired) electrons. The van der Waals surface area contributed by atoms with Gasteiger partial charge >= 0.3 is 0 Å². The first-order valence-electron chi connectivity index (χ1n) is 2.67. The van der Waals surface area contributed by atoms with Crippen molar-refractivity contribution in [1.29, 1.82) is 0 Å². The zero-order valence-corrected chi connectivity index (χ0v) is 7.00. The minimum Gasteiger partial charge on any atom is -0.0410 e. The normalized spacial score (nSPS) is 15.9. The number of hydrogen-bond donors (Lipinski definition) is 0. The number of hydrogen-bond acceptors (Lipinski definition) is 0. The van der Waals surface area contributed by atoms with Gasteiger partial charge in [0, 0.05) is 34.5 Å². The largest absolute Gasteiger partial charge is 0.148 e. The first kappa shape index (κ1) is 6.72. The van der Waals surface area contributed by atoms with E-state index in [4.69, 9.17) is 0 Å². The van der Waals surface area contributed by atoms with Crippen LogP contribution in [0.2, 0.25) is 0 Å². The Balaban J connectivity index is 2.72. The average Bonchev–Trinajstić information content (AvgIpc) is 1.91. The molecule has 0 nitrogen and oxygen atoms in total. The van der Waals surface area contributed by atoms with Crippen LogP contribution >= 0.6 is 22.6 Å². The Kier molecular flexibility index (Phi) is 2.68. The molecule has 0 aliphatic heterocycles. The monoisotopic (exact) mass is 229 g/mol. The van der Waals surface area contributed by atoms with Gasteiger partial charge in [-0.05, 0) is 22.6 Å². The summed E-state index contributed by atoms with van der Waals surface area (Å²) in [6.07, 6.45) is 13.0. The first-order chi connectivity index (χ1) is 4.43. The van der Waals surface area contributed by atoms with Crippen LogP contribution in [0.4, 0.5) is 0 Å². The van der Waals surface area contributed by atoms with Gasteiger partial charge in [0.2, 0.25) is 0 Å². The quantitative estimate of drug-likeness (QED) is 0.479. The number of halogens is 1. The van der Waals surface area contributed by atoms with Gasteiger partial charge in [0.05, 0.1) is 6.08 Å². The smallest absolute Gasteiger partial charge is 0.0410 e. The molecule has 0 heterocycles. The van der Waals surface area contributed by atoms with Gasteiger partial charge in [-0.3, -0.25) is 0 Å². The van der Waals surface area contributed by atoms with Gasteiger partial charge in [-0.15, -0.1) is 0 Å². The third-order valence-electron chi connectivity index (χ3n) is 0.976. The summed E-state index contributed by atoms with van der Waals surface area (Å²) in [6, 6.07) is 0. The van der Waals surface area contributed by atoms with Crippen LogP contribution in [0.1, 0.15) is 0 Å². The zero-order valence-electron chi connectivity index (χ0n) is 4.84. The SMILES string of the molecule is I/C=C/C1=CC=CC=[C+]1. The second-order valence-corrected chi connectivity index (χ2v) is 2.33. The van der Waals surface area contributed by atoms with Crippen molar-refractivity contribution in [3.63, 3.8) is 0 Å². The maximum absolute atomic E-state index is 3.08. The lowest BCUT2D eigenvalue weighted by Gasteiger charge is -1.81. The molecule has 1 aliphatic rings. The summed E-state index contributed by atoms with van der Waals surface area (Å²) in [5, 5.41) is 0. The molecule has 1 aliphatic carbocycles. The highest BCUT2D eigenvalue weighted by Gasteiger charge is 1.95. The fourth-order valence-electron chi connectivity index (χ4n) is 0.579. The van der Waals surface area contributed by atoms with E-state index in [0.29, 0.717) is 0 Å². The third-order valence-corrected chi connectivity index (χ3v) is 1.34. The lowest BCUT2D eigenvalue weighted by atomic mass is 10.2. The second-order valence-electron chi connectivity index (χ2n) is 1.61. The van der Waals surface area contributed by atoms with E-state index in [-0.39, 0.29) is 0 Å². The van der Waals surface area contributed by atoms with Gasteiger partial charge in [0.15, 0.2) is 0 Å². The topological polar surface area (TPSA) is 0 Å². The van der Waals surface area contributed by atoms with E-state index in [1.54, 1.807) is 0 Å². The Morgan fingerprint density at radius 1 is 1.44 bits per heavy atom. The maximum Gasteiger partial charge on any atom is 0.148 e. The fourth-order valence-corrected chi connectivity index (χ4v) is 0.966. The minimum absolute atomic E-state index is 1.13. The van der Waals surface area contributed by atoms with E-state index in [2.05, 4.69) is 28.7 Å². The lowest BCUT2D eigenvalue weighted by molar-refractivity contribution is 1.60. The molecule has 44 valence electrons. The molecule has 0 saturated heterocycles. The fraction of sp³-hybridized carbons (Fsp3) is 0. The van der Waals surface area contributed by atoms with Crippen LogP contribution in [0.3, 0.4) is 0 Å². The number of rotatable bonds is 1. The van der Waals surface area contributed by atoms with Crippen LogP contribution < -0.4 is 0 Å². The Morgan fingerprint density at radius 3 is 2.89 bits per heavy atom. The third kappa shape index (κ3) is 2.12. The standard InChI is InChI=1S/C8H6I/c9-7-6-8-4-2-1-3-5-8/h1-4,6-7H/q+1/b7-6+. The van der Waals surface area contributed by atoms with E-state index in [0.717, 1.165) is 5.57 Å². The van der Waals surface area contributed by atoms with Crippen molar-refractivity contribution in [2.24, 2.45) is 0 Å². The molecule has 0 amide bonds. The molecule has 0 unspecified atom stereocenters. The van der Waals surface area contributed by atoms with E-state index in [1.807, 2.05) is 34.5 Å². The summed E-state index contributed by atoms with van der Waals surface area (Å²) < 4.78 is 1.98. The Bertz CT molecular complexity index is 195. The molecular weight excluding hydrogens is 223 g/mol. The van der Waals surface area contributed by atoms with Crippen LogP contribution in [0.5, 0.6) is 0 Å². The summed E-state index contributed by atoms with van der Waals surface area (Å²) in [7, 11) is 0. The Morgan fingerprint density at radius 2 is 2.33 bits per heavy atom. The molecule has 0 aromatic heterocycles. The Hall–Kier alpha value is -0.400. The Labute approximate surface area is 68.8 Å². The minimum atomic E-state index is 1.13. The molecule has 0 saturated carbocycles. The second kappa shape index (κ2) is 3.59. The molecule has 1 heteroatoms. The number of allylic oxidation sites excluding steroid dienone is 7. The van der Waals surface area contributed by atoms with Crippen LogP contribution in [0.25, 0.3) is 0 Å². The molecule has 0 aromatic carbocycles. The molecule has 1 rings (SSSR count). The van der Waals surface area contributed by atoms with E-state index in [1.165, 1.54) is 0 Å². The van der Waals surface area contributed by atoms with Gasteiger partial charge < -0.3 is 0 Å². The highest BCUT2D eigenvalue weighted by molar-refractivity contribution is 14.1. The summed E-state index contributed by atoms with van der Waals surface area (Å²) in [6.45, 7) is 0. The van der Waals surface area contributed by atoms with Gasteiger partial charge in [-0.2, -0.15) is 0 Å². The molecule has 0 atom stereocenters. The van der Waals surface area contributed by atoms with Gasteiger partial charge in [0.25, 0.3) is 0 Å². The van der Waals surface area contributed by atoms with E-state index >= 15 is 0 Å². The van der Waals surface area contributed by atoms with Gasteiger partial charge in [-0.25, -0.2) is 0 Å². The molecule has 0 N–H and O–H groups in total. The molecule has 0 bridgehead atoms. The summed E-state index contributed by atoms with van der Waals surface area (Å²) >= 11 is 2.19. The summed E-state index contributed by atoms with van der Waals surface area (Å²) in [5.74, 6) is 0. The van der Waals surface area contributed by atoms with Crippen LogP contribution in [-0.4, -0.2) is 0 Å². The van der Waals surface area contributed by atoms with Gasteiger partial charge in [0.1, 0.15) is 5.57 Å². The van der Waals surface area contributed by atoms with Crippen LogP contribution in [0, 0.1) is 6.08 Å². The molecule has 0 spiro atoms. The lowest BCUT2D eigenvalue weighted by Crippen LogP contribution is -1.73. The van der Waals surface area contributed by atoms with E-state index < -0.39 is 0 Å². The predicted molar refractivity (Wildman–Crippen MR) is 48.2 cm³/mol. The van der Waals surface area contributed by atoms with Crippen molar-refractivity contribution in [2.75, 3.05) is 0 Å². The zero-order chi connectivity index (χ0) is 6.53. The van der Waals surface area contributed by atoms with Crippen molar-refractivity contribution in [3.8, 4) is 0 Å². The van der Waals surface area contributed by atoms with Crippen molar-refractivity contribution < 1.29 is 0 Å². The molecular formula is C8H6I+. The first-order valence-corrected chi connectivity index (χ1v) is 3.91. The van der Waals surface area contributed by atoms with Crippen molar-refractivity contribution >= 4 is 22.6 Å². The highest BCUT2D eigenvalue weighted by atomic mass is 127. The van der Waals surface area contributed by atoms with Crippen LogP contribution in [-0.2, 0) is 0 Å². The highest BCUT2D eigenvalue weighted by Crippen LogP contribution is 2.04. The molecule has 0 fully saturated rings. The average molecular weight is 229 g/mol. The van der Waals surface area contributed by atoms with Crippen molar-refractivity contribution in [1.82, 2.24) is 0 Å². The summed E-state index contributed by atoms with van der Waals surface area (Å²) in [5.41, 5.74) is 1.13. The summed E-state index contributed by atoms with van der Waals surface area (Å²) in [4.78, 5) is 0. The maximum atomic E-state index is 3.08. The van der Waals surface area contributed by atoms with Crippen molar-refractivity contribution in [3.05, 3.63) is 46.1 Å². The van der Waals surface area contributed by atoms with E-state index in [9.17, 15) is 0 Å². The van der Waals surface area contributed by atoms with Crippen LogP contribution in [0.15, 0.2) is 40.0 Å².